The normalized spacial score (nSPS) is 13.9. The van der Waals surface area contributed by atoms with Crippen LogP contribution in [0.1, 0.15) is 40.8 Å². The largest absolute Gasteiger partial charge is 0.330 e. The van der Waals surface area contributed by atoms with E-state index in [0.717, 1.165) is 17.1 Å². The van der Waals surface area contributed by atoms with Gasteiger partial charge in [0.2, 0.25) is 0 Å². The third kappa shape index (κ3) is 2.71. The van der Waals surface area contributed by atoms with E-state index in [2.05, 4.69) is 21.5 Å². The maximum atomic E-state index is 12.2. The van der Waals surface area contributed by atoms with E-state index in [9.17, 15) is 4.79 Å². The Bertz CT molecular complexity index is 887. The Morgan fingerprint density at radius 3 is 2.62 bits per heavy atom. The van der Waals surface area contributed by atoms with Crippen molar-refractivity contribution in [2.45, 2.75) is 25.7 Å². The highest BCUT2D eigenvalue weighted by atomic mass is 16.2. The van der Waals surface area contributed by atoms with E-state index < -0.39 is 0 Å². The molecule has 0 bridgehead atoms. The van der Waals surface area contributed by atoms with Gasteiger partial charge in [-0.1, -0.05) is 0 Å². The minimum atomic E-state index is -0.219. The van der Waals surface area contributed by atoms with Crippen molar-refractivity contribution in [3.05, 3.63) is 59.9 Å². The molecule has 6 nitrogen and oxygen atoms in total. The zero-order valence-electron chi connectivity index (χ0n) is 13.7. The van der Waals surface area contributed by atoms with Crippen molar-refractivity contribution in [2.75, 3.05) is 5.32 Å². The molecule has 6 heteroatoms. The second-order valence-corrected chi connectivity index (χ2v) is 6.26. The number of benzene rings is 1. The maximum absolute atomic E-state index is 12.2. The fourth-order valence-electron chi connectivity index (χ4n) is 2.85. The quantitative estimate of drug-likeness (QED) is 0.803. The van der Waals surface area contributed by atoms with Gasteiger partial charge in [-0.15, -0.1) is 0 Å². The Balaban J connectivity index is 1.55. The van der Waals surface area contributed by atoms with Crippen LogP contribution in [0.15, 0.2) is 42.7 Å². The molecule has 1 amide bonds. The van der Waals surface area contributed by atoms with E-state index in [-0.39, 0.29) is 5.91 Å². The Labute approximate surface area is 140 Å². The topological polar surface area (TPSA) is 64.7 Å². The van der Waals surface area contributed by atoms with Crippen LogP contribution in [-0.4, -0.2) is 25.2 Å². The van der Waals surface area contributed by atoms with Crippen molar-refractivity contribution in [3.63, 3.8) is 0 Å². The van der Waals surface area contributed by atoms with Crippen molar-refractivity contribution >= 4 is 11.6 Å². The SMILES string of the molecule is Cc1cc(C2CC2)n(-c2ccc(NC(=O)c3nccn3C)cc2)n1. The molecule has 1 aliphatic rings. The van der Waals surface area contributed by atoms with Gasteiger partial charge < -0.3 is 9.88 Å². The smallest absolute Gasteiger partial charge is 0.291 e. The summed E-state index contributed by atoms with van der Waals surface area (Å²) in [6, 6.07) is 9.90. The third-order valence-corrected chi connectivity index (χ3v) is 4.25. The van der Waals surface area contributed by atoms with E-state index in [4.69, 9.17) is 0 Å². The lowest BCUT2D eigenvalue weighted by Gasteiger charge is -2.09. The Morgan fingerprint density at radius 2 is 2.00 bits per heavy atom. The molecule has 1 N–H and O–H groups in total. The molecule has 2 heterocycles. The van der Waals surface area contributed by atoms with Gasteiger partial charge in [-0.2, -0.15) is 5.10 Å². The van der Waals surface area contributed by atoms with Crippen LogP contribution in [0, 0.1) is 6.92 Å². The zero-order chi connectivity index (χ0) is 16.7. The number of aromatic nitrogens is 4. The van der Waals surface area contributed by atoms with Gasteiger partial charge in [0.1, 0.15) is 0 Å². The molecule has 0 aliphatic heterocycles. The summed E-state index contributed by atoms with van der Waals surface area (Å²) in [6.07, 6.45) is 5.83. The van der Waals surface area contributed by atoms with E-state index in [1.54, 1.807) is 24.0 Å². The number of nitrogens with one attached hydrogen (secondary N) is 1. The minimum Gasteiger partial charge on any atom is -0.330 e. The van der Waals surface area contributed by atoms with Crippen LogP contribution in [0.2, 0.25) is 0 Å². The predicted octanol–water partition coefficient (Wildman–Crippen LogP) is 3.04. The first-order valence-electron chi connectivity index (χ1n) is 8.07. The van der Waals surface area contributed by atoms with E-state index in [1.165, 1.54) is 18.5 Å². The molecule has 0 unspecified atom stereocenters. The average molecular weight is 321 g/mol. The number of nitrogens with zero attached hydrogens (tertiary/aromatic N) is 4. The predicted molar refractivity (Wildman–Crippen MR) is 91.4 cm³/mol. The number of hydrogen-bond donors (Lipinski definition) is 1. The highest BCUT2D eigenvalue weighted by molar-refractivity contribution is 6.01. The molecule has 1 aliphatic carbocycles. The van der Waals surface area contributed by atoms with E-state index in [1.807, 2.05) is 35.9 Å². The van der Waals surface area contributed by atoms with Crippen LogP contribution >= 0.6 is 0 Å². The summed E-state index contributed by atoms with van der Waals surface area (Å²) >= 11 is 0. The summed E-state index contributed by atoms with van der Waals surface area (Å²) in [6.45, 7) is 2.02. The molecular formula is C18H19N5O. The zero-order valence-corrected chi connectivity index (χ0v) is 13.7. The van der Waals surface area contributed by atoms with Gasteiger partial charge in [-0.25, -0.2) is 9.67 Å². The molecule has 2 aromatic heterocycles. The summed E-state index contributed by atoms with van der Waals surface area (Å²) in [7, 11) is 1.80. The highest BCUT2D eigenvalue weighted by Gasteiger charge is 2.28. The fraction of sp³-hybridized carbons (Fsp3) is 0.278. The Morgan fingerprint density at radius 1 is 1.25 bits per heavy atom. The number of rotatable bonds is 4. The Hall–Kier alpha value is -2.89. The number of imidazole rings is 1. The molecule has 0 atom stereocenters. The lowest BCUT2D eigenvalue weighted by Crippen LogP contribution is -2.16. The van der Waals surface area contributed by atoms with Gasteiger partial charge in [0.05, 0.1) is 11.4 Å². The molecule has 3 aromatic rings. The second kappa shape index (κ2) is 5.63. The number of hydrogen-bond acceptors (Lipinski definition) is 3. The van der Waals surface area contributed by atoms with Gasteiger partial charge in [-0.05, 0) is 50.1 Å². The molecule has 0 saturated heterocycles. The van der Waals surface area contributed by atoms with Crippen molar-refractivity contribution in [1.29, 1.82) is 0 Å². The number of aryl methyl sites for hydroxylation is 2. The van der Waals surface area contributed by atoms with Crippen molar-refractivity contribution in [1.82, 2.24) is 19.3 Å². The molecule has 0 radical (unpaired) electrons. The minimum absolute atomic E-state index is 0.219. The van der Waals surface area contributed by atoms with Gasteiger partial charge in [-0.3, -0.25) is 4.79 Å². The van der Waals surface area contributed by atoms with Crippen LogP contribution < -0.4 is 5.32 Å². The highest BCUT2D eigenvalue weighted by Crippen LogP contribution is 2.41. The summed E-state index contributed by atoms with van der Waals surface area (Å²) in [4.78, 5) is 16.2. The molecule has 1 fully saturated rings. The second-order valence-electron chi connectivity index (χ2n) is 6.26. The first-order valence-corrected chi connectivity index (χ1v) is 8.07. The van der Waals surface area contributed by atoms with E-state index in [0.29, 0.717) is 11.7 Å². The van der Waals surface area contributed by atoms with Gasteiger partial charge in [0.15, 0.2) is 5.82 Å². The van der Waals surface area contributed by atoms with Gasteiger partial charge >= 0.3 is 0 Å². The Kier molecular flexibility index (Phi) is 3.45. The molecule has 24 heavy (non-hydrogen) atoms. The summed E-state index contributed by atoms with van der Waals surface area (Å²) in [5.41, 5.74) is 4.06. The first-order chi connectivity index (χ1) is 11.6. The van der Waals surface area contributed by atoms with Gasteiger partial charge in [0.25, 0.3) is 5.91 Å². The number of amides is 1. The molecule has 122 valence electrons. The average Bonchev–Trinajstić information content (AvgIpc) is 3.21. The molecule has 1 aromatic carbocycles. The summed E-state index contributed by atoms with van der Waals surface area (Å²) < 4.78 is 3.70. The van der Waals surface area contributed by atoms with Crippen LogP contribution in [-0.2, 0) is 7.05 Å². The third-order valence-electron chi connectivity index (χ3n) is 4.25. The van der Waals surface area contributed by atoms with Crippen LogP contribution in [0.4, 0.5) is 5.69 Å². The monoisotopic (exact) mass is 321 g/mol. The molecular weight excluding hydrogens is 302 g/mol. The number of carbonyl (C=O) groups excluding carboxylic acids is 1. The van der Waals surface area contributed by atoms with Crippen molar-refractivity contribution < 1.29 is 4.79 Å². The van der Waals surface area contributed by atoms with Crippen molar-refractivity contribution in [3.8, 4) is 5.69 Å². The summed E-state index contributed by atoms with van der Waals surface area (Å²) in [5.74, 6) is 0.802. The standard InChI is InChI=1S/C18H19N5O/c1-12-11-16(13-3-4-13)23(21-12)15-7-5-14(6-8-15)20-18(24)17-19-9-10-22(17)2/h5-11,13H,3-4H2,1-2H3,(H,20,24). The molecule has 4 rings (SSSR count). The summed E-state index contributed by atoms with van der Waals surface area (Å²) in [5, 5.41) is 7.47. The molecule has 0 spiro atoms. The fourth-order valence-corrected chi connectivity index (χ4v) is 2.85. The number of carbonyl (C=O) groups is 1. The van der Waals surface area contributed by atoms with Crippen LogP contribution in [0.3, 0.4) is 0 Å². The van der Waals surface area contributed by atoms with Crippen LogP contribution in [0.25, 0.3) is 5.69 Å². The number of anilines is 1. The molecule has 1 saturated carbocycles. The maximum Gasteiger partial charge on any atom is 0.291 e. The van der Waals surface area contributed by atoms with Crippen molar-refractivity contribution in [2.24, 2.45) is 7.05 Å². The first kappa shape index (κ1) is 14.7. The van der Waals surface area contributed by atoms with Gasteiger partial charge in [0, 0.05) is 36.7 Å². The lowest BCUT2D eigenvalue weighted by molar-refractivity contribution is 0.101. The van der Waals surface area contributed by atoms with Crippen LogP contribution in [0.5, 0.6) is 0 Å². The van der Waals surface area contributed by atoms with E-state index >= 15 is 0 Å². The lowest BCUT2D eigenvalue weighted by atomic mass is 10.2.